The van der Waals surface area contributed by atoms with Crippen LogP contribution >= 0.6 is 21.6 Å². The van der Waals surface area contributed by atoms with Crippen LogP contribution in [0.15, 0.2) is 0 Å². The maximum atomic E-state index is 5.64. The van der Waals surface area contributed by atoms with Gasteiger partial charge in [0, 0.05) is 0 Å². The van der Waals surface area contributed by atoms with E-state index >= 15 is 0 Å². The van der Waals surface area contributed by atoms with E-state index in [1.807, 2.05) is 6.38 Å². The van der Waals surface area contributed by atoms with Crippen LogP contribution in [0.4, 0.5) is 0 Å². The second-order valence-corrected chi connectivity index (χ2v) is 14.5. The van der Waals surface area contributed by atoms with Gasteiger partial charge in [-0.1, -0.05) is 0 Å². The van der Waals surface area contributed by atoms with Gasteiger partial charge in [0.1, 0.15) is 0 Å². The number of hydrogen-bond acceptors (Lipinski definition) is 0. The average molecular weight is 209 g/mol. The van der Waals surface area contributed by atoms with Gasteiger partial charge in [0.2, 0.25) is 0 Å². The van der Waals surface area contributed by atoms with E-state index in [-0.39, 0.29) is 0 Å². The molecule has 4 heteroatoms. The molecule has 0 aromatic heterocycles. The molecule has 0 aliphatic carbocycles. The molecule has 1 unspecified atom stereocenters. The Labute approximate surface area is 54.4 Å². The molecule has 0 spiro atoms. The Hall–Kier alpha value is 1.41. The standard InChI is InChI=1S/C2H6Cl3Ge/c1-5-6(4)2-3/h6H,2H2,1H3/q+1. The number of alkyl halides is 2. The second-order valence-electron chi connectivity index (χ2n) is 0.764. The van der Waals surface area contributed by atoms with E-state index < -0.39 is 12.5 Å². The van der Waals surface area contributed by atoms with Crippen LogP contribution in [-0.2, 0) is 0 Å². The fourth-order valence-electron chi connectivity index (χ4n) is 0.0583. The third-order valence-electron chi connectivity index (χ3n) is 0.353. The Morgan fingerprint density at radius 1 is 1.83 bits per heavy atom. The second kappa shape index (κ2) is 4.57. The van der Waals surface area contributed by atoms with Crippen molar-refractivity contribution in [2.75, 3.05) is 11.1 Å². The van der Waals surface area contributed by atoms with Gasteiger partial charge in [0.05, 0.1) is 0 Å². The van der Waals surface area contributed by atoms with Gasteiger partial charge in [-0.25, -0.2) is 0 Å². The maximum absolute atomic E-state index is 5.64. The van der Waals surface area contributed by atoms with Crippen molar-refractivity contribution in [1.82, 2.24) is 0 Å². The summed E-state index contributed by atoms with van der Waals surface area (Å²) in [5.74, 6) is 0. The summed E-state index contributed by atoms with van der Waals surface area (Å²) in [4.78, 5) is 0. The van der Waals surface area contributed by atoms with E-state index in [1.54, 1.807) is 0 Å². The van der Waals surface area contributed by atoms with Crippen LogP contribution in [0, 0.1) is 9.20 Å². The molecule has 0 saturated carbocycles. The summed E-state index contributed by atoms with van der Waals surface area (Å²) < 4.78 is 0.693. The molecule has 6 heavy (non-hydrogen) atoms. The van der Waals surface area contributed by atoms with Gasteiger partial charge in [-0.05, 0) is 0 Å². The van der Waals surface area contributed by atoms with Crippen molar-refractivity contribution >= 4 is 34.1 Å². The van der Waals surface area contributed by atoms with Crippen LogP contribution in [0.2, 0.25) is 0 Å². The predicted octanol–water partition coefficient (Wildman–Crippen LogP) is 0.938. The van der Waals surface area contributed by atoms with Crippen LogP contribution in [-0.4, -0.2) is 23.6 Å². The minimum atomic E-state index is -1.45. The molecular formula is C2H6Cl3Ge+. The quantitative estimate of drug-likeness (QED) is 0.469. The van der Waals surface area contributed by atoms with Gasteiger partial charge >= 0.3 is 54.4 Å². The molecular weight excluding hydrogens is 203 g/mol. The zero-order valence-corrected chi connectivity index (χ0v) is 8.11. The summed E-state index contributed by atoms with van der Waals surface area (Å²) in [5, 5.41) is 0. The Morgan fingerprint density at radius 2 is 2.33 bits per heavy atom. The number of hydrogen-bond donors (Lipinski definition) is 0. The molecule has 0 aliphatic rings. The fraction of sp³-hybridized carbons (Fsp3) is 1.00. The molecule has 0 radical (unpaired) electrons. The summed E-state index contributed by atoms with van der Waals surface area (Å²) >= 11 is 3.92. The Kier molecular flexibility index (Phi) is 5.64. The molecule has 1 atom stereocenters. The molecule has 0 bridgehead atoms. The summed E-state index contributed by atoms with van der Waals surface area (Å²) in [6.07, 6.45) is 1.96. The summed E-state index contributed by atoms with van der Waals surface area (Å²) in [7, 11) is 7.79. The minimum absolute atomic E-state index is 0.693. The molecule has 0 aliphatic heterocycles. The van der Waals surface area contributed by atoms with Crippen LogP contribution in [0.25, 0.3) is 0 Å². The third kappa shape index (κ3) is 3.60. The molecule has 0 amide bonds. The first-order valence-electron chi connectivity index (χ1n) is 1.49. The number of rotatable bonds is 2. The molecule has 0 nitrogen and oxygen atoms in total. The van der Waals surface area contributed by atoms with Crippen molar-refractivity contribution in [2.45, 2.75) is 0 Å². The first-order valence-corrected chi connectivity index (χ1v) is 10.9. The van der Waals surface area contributed by atoms with E-state index in [9.17, 15) is 0 Å². The van der Waals surface area contributed by atoms with Crippen LogP contribution in [0.1, 0.15) is 0 Å². The molecule has 0 saturated heterocycles. The molecule has 0 rings (SSSR count). The van der Waals surface area contributed by atoms with Crippen molar-refractivity contribution in [2.24, 2.45) is 0 Å². The number of halogens is 3. The fourth-order valence-corrected chi connectivity index (χ4v) is 2.73. The summed E-state index contributed by atoms with van der Waals surface area (Å²) in [6.45, 7) is 0. The van der Waals surface area contributed by atoms with Gasteiger partial charge in [-0.2, -0.15) is 0 Å². The SMILES string of the molecule is C[Cl+][GeH]([Cl])[CH2]Cl. The molecule has 0 aromatic carbocycles. The van der Waals surface area contributed by atoms with Crippen LogP contribution < -0.4 is 0 Å². The normalized spacial score (nSPS) is 14.5. The molecule has 38 valence electrons. The van der Waals surface area contributed by atoms with Crippen molar-refractivity contribution < 1.29 is 9.20 Å². The molecule has 0 N–H and O–H groups in total. The molecule has 0 fully saturated rings. The summed E-state index contributed by atoms with van der Waals surface area (Å²) in [5.41, 5.74) is 0. The molecule has 0 heterocycles. The van der Waals surface area contributed by atoms with E-state index in [0.29, 0.717) is 4.71 Å². The Bertz CT molecular complexity index is 28.0. The summed E-state index contributed by atoms with van der Waals surface area (Å²) in [6, 6.07) is 0. The van der Waals surface area contributed by atoms with E-state index in [1.165, 1.54) is 0 Å². The first-order chi connectivity index (χ1) is 2.81. The van der Waals surface area contributed by atoms with Gasteiger partial charge in [-0.3, -0.25) is 0 Å². The predicted molar refractivity (Wildman–Crippen MR) is 29.6 cm³/mol. The Balaban J connectivity index is 2.75. The van der Waals surface area contributed by atoms with Crippen LogP contribution in [0.5, 0.6) is 0 Å². The Morgan fingerprint density at radius 3 is 2.33 bits per heavy atom. The van der Waals surface area contributed by atoms with Crippen molar-refractivity contribution in [3.63, 3.8) is 0 Å². The van der Waals surface area contributed by atoms with Gasteiger partial charge in [-0.15, -0.1) is 0 Å². The van der Waals surface area contributed by atoms with E-state index in [4.69, 9.17) is 21.6 Å². The van der Waals surface area contributed by atoms with Gasteiger partial charge in [0.15, 0.2) is 0 Å². The van der Waals surface area contributed by atoms with Crippen molar-refractivity contribution in [3.8, 4) is 0 Å². The average Bonchev–Trinajstić information content (AvgIpc) is 1.65. The monoisotopic (exact) mass is 209 g/mol. The van der Waals surface area contributed by atoms with E-state index in [2.05, 4.69) is 9.20 Å². The first kappa shape index (κ1) is 7.41. The zero-order valence-electron chi connectivity index (χ0n) is 3.42. The topological polar surface area (TPSA) is 0 Å². The van der Waals surface area contributed by atoms with E-state index in [0.717, 1.165) is 0 Å². The third-order valence-corrected chi connectivity index (χ3v) is 11.7. The van der Waals surface area contributed by atoms with Gasteiger partial charge < -0.3 is 0 Å². The van der Waals surface area contributed by atoms with Crippen LogP contribution in [0.3, 0.4) is 0 Å². The molecule has 0 aromatic rings. The zero-order chi connectivity index (χ0) is 4.99. The van der Waals surface area contributed by atoms with Crippen molar-refractivity contribution in [3.05, 3.63) is 0 Å². The van der Waals surface area contributed by atoms with Crippen molar-refractivity contribution in [1.29, 1.82) is 0 Å². The van der Waals surface area contributed by atoms with Gasteiger partial charge in [0.25, 0.3) is 0 Å².